The van der Waals surface area contributed by atoms with Crippen molar-refractivity contribution in [3.63, 3.8) is 0 Å². The van der Waals surface area contributed by atoms with E-state index < -0.39 is 5.54 Å². The molecule has 0 saturated carbocycles. The second kappa shape index (κ2) is 4.86. The largest absolute Gasteiger partial charge is 0.377 e. The average Bonchev–Trinajstić information content (AvgIpc) is 2.63. The normalized spacial score (nSPS) is 26.6. The predicted molar refractivity (Wildman–Crippen MR) is 71.0 cm³/mol. The van der Waals surface area contributed by atoms with Crippen molar-refractivity contribution in [2.45, 2.75) is 45.3 Å². The summed E-state index contributed by atoms with van der Waals surface area (Å²) in [6.07, 6.45) is 2.73. The van der Waals surface area contributed by atoms with Crippen LogP contribution in [0.3, 0.4) is 0 Å². The van der Waals surface area contributed by atoms with Gasteiger partial charge in [0.15, 0.2) is 0 Å². The summed E-state index contributed by atoms with van der Waals surface area (Å²) in [7, 11) is 0. The van der Waals surface area contributed by atoms with E-state index in [4.69, 9.17) is 10.5 Å². The maximum atomic E-state index is 11.1. The van der Waals surface area contributed by atoms with Gasteiger partial charge in [-0.3, -0.25) is 15.1 Å². The first kappa shape index (κ1) is 13.9. The molecule has 1 aromatic rings. The number of aryl methyl sites for hydroxylation is 1. The van der Waals surface area contributed by atoms with Crippen LogP contribution in [0.25, 0.3) is 0 Å². The van der Waals surface area contributed by atoms with Crippen molar-refractivity contribution in [2.75, 3.05) is 6.61 Å². The highest BCUT2D eigenvalue weighted by Gasteiger charge is 2.39. The van der Waals surface area contributed by atoms with Gasteiger partial charge < -0.3 is 10.5 Å². The van der Waals surface area contributed by atoms with Gasteiger partial charge >= 0.3 is 0 Å². The molecule has 2 heterocycles. The summed E-state index contributed by atoms with van der Waals surface area (Å²) in [6, 6.07) is 0. The molecular weight excluding hydrogens is 246 g/mol. The SMILES string of the molecule is Cc1cnc(CC2(N)CCOC2C)c(C)c1[N+](=O)[O-]. The lowest BCUT2D eigenvalue weighted by Gasteiger charge is -2.27. The maximum Gasteiger partial charge on any atom is 0.278 e. The Morgan fingerprint density at radius 2 is 2.32 bits per heavy atom. The highest BCUT2D eigenvalue weighted by Crippen LogP contribution is 2.30. The van der Waals surface area contributed by atoms with E-state index in [1.54, 1.807) is 20.0 Å². The summed E-state index contributed by atoms with van der Waals surface area (Å²) in [5.41, 5.74) is 7.86. The zero-order valence-corrected chi connectivity index (χ0v) is 11.5. The molecule has 0 aromatic carbocycles. The molecule has 2 atom stereocenters. The number of nitrogens with zero attached hydrogens (tertiary/aromatic N) is 2. The topological polar surface area (TPSA) is 91.3 Å². The van der Waals surface area contributed by atoms with Gasteiger partial charge in [0, 0.05) is 35.9 Å². The molecule has 1 fully saturated rings. The van der Waals surface area contributed by atoms with E-state index in [1.165, 1.54) is 0 Å². The highest BCUT2D eigenvalue weighted by molar-refractivity contribution is 5.47. The van der Waals surface area contributed by atoms with Crippen molar-refractivity contribution in [1.29, 1.82) is 0 Å². The molecule has 0 radical (unpaired) electrons. The summed E-state index contributed by atoms with van der Waals surface area (Å²) in [5.74, 6) is 0. The second-order valence-corrected chi connectivity index (χ2v) is 5.29. The number of aromatic nitrogens is 1. The summed E-state index contributed by atoms with van der Waals surface area (Å²) in [6.45, 7) is 5.99. The zero-order valence-electron chi connectivity index (χ0n) is 11.5. The molecule has 1 aromatic heterocycles. The minimum atomic E-state index is -0.485. The molecule has 1 aliphatic heterocycles. The average molecular weight is 265 g/mol. The van der Waals surface area contributed by atoms with E-state index in [2.05, 4.69) is 4.98 Å². The highest BCUT2D eigenvalue weighted by atomic mass is 16.6. The van der Waals surface area contributed by atoms with Crippen LogP contribution in [0.4, 0.5) is 5.69 Å². The molecule has 0 bridgehead atoms. The monoisotopic (exact) mass is 265 g/mol. The molecule has 2 rings (SSSR count). The third-order valence-corrected chi connectivity index (χ3v) is 4.00. The molecule has 1 saturated heterocycles. The Balaban J connectivity index is 2.36. The van der Waals surface area contributed by atoms with Gasteiger partial charge in [-0.15, -0.1) is 0 Å². The Labute approximate surface area is 112 Å². The number of hydrogen-bond acceptors (Lipinski definition) is 5. The van der Waals surface area contributed by atoms with E-state index >= 15 is 0 Å². The van der Waals surface area contributed by atoms with Gasteiger partial charge in [0.05, 0.1) is 16.7 Å². The fourth-order valence-electron chi connectivity index (χ4n) is 2.56. The fraction of sp³-hybridized carbons (Fsp3) is 0.615. The van der Waals surface area contributed by atoms with Crippen molar-refractivity contribution in [2.24, 2.45) is 5.73 Å². The van der Waals surface area contributed by atoms with Crippen molar-refractivity contribution < 1.29 is 9.66 Å². The lowest BCUT2D eigenvalue weighted by atomic mass is 9.86. The molecule has 6 heteroatoms. The van der Waals surface area contributed by atoms with Gasteiger partial charge in [0.1, 0.15) is 0 Å². The van der Waals surface area contributed by atoms with Gasteiger partial charge in [0.25, 0.3) is 5.69 Å². The van der Waals surface area contributed by atoms with E-state index in [9.17, 15) is 10.1 Å². The molecule has 1 aliphatic rings. The Kier molecular flexibility index (Phi) is 3.56. The van der Waals surface area contributed by atoms with Crippen LogP contribution in [0.2, 0.25) is 0 Å². The second-order valence-electron chi connectivity index (χ2n) is 5.29. The van der Waals surface area contributed by atoms with Crippen LogP contribution < -0.4 is 5.73 Å². The predicted octanol–water partition coefficient (Wildman–Crippen LogP) is 1.66. The quantitative estimate of drug-likeness (QED) is 0.662. The number of hydrogen-bond donors (Lipinski definition) is 1. The van der Waals surface area contributed by atoms with E-state index in [0.29, 0.717) is 29.8 Å². The third-order valence-electron chi connectivity index (χ3n) is 4.00. The molecule has 2 unspecified atom stereocenters. The van der Waals surface area contributed by atoms with Crippen molar-refractivity contribution in [1.82, 2.24) is 4.98 Å². The van der Waals surface area contributed by atoms with Gasteiger partial charge in [-0.2, -0.15) is 0 Å². The van der Waals surface area contributed by atoms with E-state index in [-0.39, 0.29) is 16.7 Å². The minimum absolute atomic E-state index is 0.0611. The van der Waals surface area contributed by atoms with Gasteiger partial charge in [-0.05, 0) is 27.2 Å². The summed E-state index contributed by atoms with van der Waals surface area (Å²) >= 11 is 0. The molecule has 0 spiro atoms. The molecular formula is C13H19N3O3. The van der Waals surface area contributed by atoms with Crippen LogP contribution in [0.1, 0.15) is 30.2 Å². The Morgan fingerprint density at radius 3 is 2.84 bits per heavy atom. The Morgan fingerprint density at radius 1 is 1.63 bits per heavy atom. The third kappa shape index (κ3) is 2.46. The van der Waals surface area contributed by atoms with Crippen LogP contribution in [0.5, 0.6) is 0 Å². The molecule has 104 valence electrons. The number of ether oxygens (including phenoxy) is 1. The van der Waals surface area contributed by atoms with Crippen LogP contribution in [0.15, 0.2) is 6.20 Å². The van der Waals surface area contributed by atoms with Crippen LogP contribution in [0, 0.1) is 24.0 Å². The maximum absolute atomic E-state index is 11.1. The van der Waals surface area contributed by atoms with Gasteiger partial charge in [-0.25, -0.2) is 0 Å². The van der Waals surface area contributed by atoms with Crippen LogP contribution >= 0.6 is 0 Å². The Bertz CT molecular complexity index is 518. The standard InChI is InChI=1S/C13H19N3O3/c1-8-7-15-11(9(2)12(8)16(17)18)6-13(14)4-5-19-10(13)3/h7,10H,4-6,14H2,1-3H3. The summed E-state index contributed by atoms with van der Waals surface area (Å²) in [5, 5.41) is 11.1. The lowest BCUT2D eigenvalue weighted by molar-refractivity contribution is -0.386. The van der Waals surface area contributed by atoms with E-state index in [1.807, 2.05) is 6.92 Å². The first-order chi connectivity index (χ1) is 8.85. The zero-order chi connectivity index (χ0) is 14.2. The lowest BCUT2D eigenvalue weighted by Crippen LogP contribution is -2.48. The van der Waals surface area contributed by atoms with Crippen molar-refractivity contribution in [3.8, 4) is 0 Å². The first-order valence-corrected chi connectivity index (χ1v) is 6.35. The summed E-state index contributed by atoms with van der Waals surface area (Å²) < 4.78 is 5.50. The number of pyridine rings is 1. The number of nitro groups is 1. The first-order valence-electron chi connectivity index (χ1n) is 6.35. The van der Waals surface area contributed by atoms with Gasteiger partial charge in [0.2, 0.25) is 0 Å². The van der Waals surface area contributed by atoms with Crippen LogP contribution in [-0.2, 0) is 11.2 Å². The Hall–Kier alpha value is -1.53. The molecule has 6 nitrogen and oxygen atoms in total. The number of rotatable bonds is 3. The molecule has 0 aliphatic carbocycles. The molecule has 2 N–H and O–H groups in total. The summed E-state index contributed by atoms with van der Waals surface area (Å²) in [4.78, 5) is 15.1. The van der Waals surface area contributed by atoms with Crippen molar-refractivity contribution >= 4 is 5.69 Å². The van der Waals surface area contributed by atoms with E-state index in [0.717, 1.165) is 6.42 Å². The smallest absolute Gasteiger partial charge is 0.278 e. The number of nitrogens with two attached hydrogens (primary N) is 1. The fourth-order valence-corrected chi connectivity index (χ4v) is 2.56. The van der Waals surface area contributed by atoms with Crippen molar-refractivity contribution in [3.05, 3.63) is 33.1 Å². The molecule has 0 amide bonds. The minimum Gasteiger partial charge on any atom is -0.377 e. The molecule has 19 heavy (non-hydrogen) atoms. The van der Waals surface area contributed by atoms with Crippen LogP contribution in [-0.4, -0.2) is 28.2 Å². The van der Waals surface area contributed by atoms with Gasteiger partial charge in [-0.1, -0.05) is 0 Å².